The summed E-state index contributed by atoms with van der Waals surface area (Å²) in [5.41, 5.74) is -0.705. The molecule has 0 aromatic carbocycles. The molecule has 2 bridgehead atoms. The van der Waals surface area contributed by atoms with Gasteiger partial charge in [0.15, 0.2) is 6.23 Å². The van der Waals surface area contributed by atoms with Crippen molar-refractivity contribution in [1.29, 1.82) is 0 Å². The molecule has 3 unspecified atom stereocenters. The average molecular weight is 814 g/mol. The van der Waals surface area contributed by atoms with Gasteiger partial charge in [0.2, 0.25) is 0 Å². The van der Waals surface area contributed by atoms with Crippen molar-refractivity contribution in [3.63, 3.8) is 0 Å². The molecule has 6 aliphatic rings. The van der Waals surface area contributed by atoms with E-state index in [1.54, 1.807) is 0 Å². The van der Waals surface area contributed by atoms with Gasteiger partial charge in [0, 0.05) is 26.4 Å². The van der Waals surface area contributed by atoms with E-state index >= 15 is 0 Å². The Morgan fingerprint density at radius 1 is 1.14 bits per heavy atom. The second-order valence-corrected chi connectivity index (χ2v) is 20.9. The maximum absolute atomic E-state index is 12.9. The Kier molecular flexibility index (Phi) is 12.2. The number of ether oxygens (including phenoxy) is 4. The zero-order valence-electron chi connectivity index (χ0n) is 34.8. The van der Waals surface area contributed by atoms with Gasteiger partial charge in [-0.2, -0.15) is 0 Å². The largest absolute Gasteiger partial charge is 0.446 e. The number of carbonyl (C=O) groups is 1. The molecule has 0 spiro atoms. The van der Waals surface area contributed by atoms with Crippen LogP contribution in [0.3, 0.4) is 0 Å². The highest BCUT2D eigenvalue weighted by Gasteiger charge is 2.65. The number of hydrogen-bond acceptors (Lipinski definition) is 9. The molecule has 13 atom stereocenters. The molecule has 3 heterocycles. The van der Waals surface area contributed by atoms with Gasteiger partial charge in [-0.25, -0.2) is 9.59 Å². The normalized spacial score (nSPS) is 38.2. The number of fused-ring (bicyclic) bond motifs is 7. The summed E-state index contributed by atoms with van der Waals surface area (Å²) in [6.07, 6.45) is 13.1. The number of nitrogens with zero attached hydrogens (tertiary/aromatic N) is 1. The minimum Gasteiger partial charge on any atom is -0.446 e. The van der Waals surface area contributed by atoms with Crippen molar-refractivity contribution in [2.45, 2.75) is 135 Å². The van der Waals surface area contributed by atoms with Gasteiger partial charge >= 0.3 is 19.4 Å². The molecule has 14 heteroatoms. The molecule has 4 aliphatic carbocycles. The molecule has 57 heavy (non-hydrogen) atoms. The fraction of sp³-hybridized carbons (Fsp3) is 0.791. The summed E-state index contributed by atoms with van der Waals surface area (Å²) in [6, 6.07) is 0. The number of allylic oxidation sites excluding steroid dienone is 1. The van der Waals surface area contributed by atoms with E-state index in [9.17, 15) is 23.8 Å². The van der Waals surface area contributed by atoms with Crippen LogP contribution in [-0.4, -0.2) is 78.0 Å². The van der Waals surface area contributed by atoms with Gasteiger partial charge in [0.25, 0.3) is 5.56 Å². The number of alkyl carbamates (subject to hydrolysis) is 1. The Balaban J connectivity index is 0.938. The van der Waals surface area contributed by atoms with Crippen LogP contribution in [0.5, 0.6) is 0 Å². The van der Waals surface area contributed by atoms with Gasteiger partial charge in [-0.15, -0.1) is 0 Å². The van der Waals surface area contributed by atoms with Crippen LogP contribution in [0.15, 0.2) is 27.4 Å². The van der Waals surface area contributed by atoms with Crippen molar-refractivity contribution < 1.29 is 37.7 Å². The van der Waals surface area contributed by atoms with Crippen LogP contribution in [0.2, 0.25) is 0 Å². The summed E-state index contributed by atoms with van der Waals surface area (Å²) >= 11 is 0. The lowest BCUT2D eigenvalue weighted by molar-refractivity contribution is -0.190. The average Bonchev–Trinajstić information content (AvgIpc) is 3.76. The zero-order valence-corrected chi connectivity index (χ0v) is 35.7. The molecule has 1 aromatic rings. The molecule has 2 saturated heterocycles. The van der Waals surface area contributed by atoms with Crippen molar-refractivity contribution in [1.82, 2.24) is 14.9 Å². The molecule has 2 aliphatic heterocycles. The highest BCUT2D eigenvalue weighted by Crippen LogP contribution is 2.67. The van der Waals surface area contributed by atoms with Crippen LogP contribution in [0, 0.1) is 58.2 Å². The predicted molar refractivity (Wildman–Crippen MR) is 215 cm³/mol. The SMILES string of the molecule is COC[C@]12COC([C@H](n3cc(C#CCNC(=O)O[C@H]4CC[C@@]5(C)C(=CC[C@H]6[C@@H]7CC[C@H](C(C)CCCC(C)C)[C@@]7(C)CC[C@@H]65)C4)c(=O)[nH]c3=O)O1)[C@@H]2OP(C)(=O)O. The molecule has 3 saturated carbocycles. The number of carbonyl (C=O) groups excluding carboxylic acids is 1. The van der Waals surface area contributed by atoms with Crippen LogP contribution >= 0.6 is 7.60 Å². The molecule has 0 radical (unpaired) electrons. The highest BCUT2D eigenvalue weighted by molar-refractivity contribution is 7.51. The van der Waals surface area contributed by atoms with Crippen molar-refractivity contribution in [3.05, 3.63) is 44.2 Å². The van der Waals surface area contributed by atoms with Crippen LogP contribution in [-0.2, 0) is 28.0 Å². The van der Waals surface area contributed by atoms with Gasteiger partial charge in [0.05, 0.1) is 19.8 Å². The quantitative estimate of drug-likeness (QED) is 0.120. The van der Waals surface area contributed by atoms with E-state index in [1.807, 2.05) is 0 Å². The summed E-state index contributed by atoms with van der Waals surface area (Å²) in [5, 5.41) is 2.70. The van der Waals surface area contributed by atoms with Crippen molar-refractivity contribution in [2.75, 3.05) is 33.5 Å². The fourth-order valence-corrected chi connectivity index (χ4v) is 13.0. The first-order valence-electron chi connectivity index (χ1n) is 21.2. The number of nitrogens with one attached hydrogen (secondary N) is 2. The van der Waals surface area contributed by atoms with Gasteiger partial charge in [-0.1, -0.05) is 77.4 Å². The van der Waals surface area contributed by atoms with E-state index in [-0.39, 0.29) is 36.8 Å². The van der Waals surface area contributed by atoms with Crippen molar-refractivity contribution in [2.24, 2.45) is 46.3 Å². The molecule has 1 aromatic heterocycles. The Bertz CT molecular complexity index is 1930. The summed E-state index contributed by atoms with van der Waals surface area (Å²) in [6.45, 7) is 13.3. The fourth-order valence-electron chi connectivity index (χ4n) is 12.3. The number of aromatic nitrogens is 2. The molecule has 1 amide bonds. The third kappa shape index (κ3) is 8.25. The Morgan fingerprint density at radius 2 is 1.93 bits per heavy atom. The lowest BCUT2D eigenvalue weighted by Crippen LogP contribution is -2.51. The second-order valence-electron chi connectivity index (χ2n) is 19.0. The maximum atomic E-state index is 12.9. The van der Waals surface area contributed by atoms with E-state index in [0.717, 1.165) is 66.5 Å². The second kappa shape index (κ2) is 16.4. The summed E-state index contributed by atoms with van der Waals surface area (Å²) in [5.74, 6) is 10.2. The van der Waals surface area contributed by atoms with Crippen molar-refractivity contribution >= 4 is 13.7 Å². The maximum Gasteiger partial charge on any atom is 0.408 e. The van der Waals surface area contributed by atoms with E-state index in [2.05, 4.69) is 62.8 Å². The predicted octanol–water partition coefficient (Wildman–Crippen LogP) is 6.54. The number of rotatable bonds is 12. The van der Waals surface area contributed by atoms with E-state index in [0.29, 0.717) is 11.3 Å². The first kappa shape index (κ1) is 42.4. The van der Waals surface area contributed by atoms with Crippen LogP contribution in [0.4, 0.5) is 4.79 Å². The first-order chi connectivity index (χ1) is 27.0. The lowest BCUT2D eigenvalue weighted by atomic mass is 9.47. The minimum atomic E-state index is -3.96. The summed E-state index contributed by atoms with van der Waals surface area (Å²) < 4.78 is 41.9. The van der Waals surface area contributed by atoms with Crippen molar-refractivity contribution in [3.8, 4) is 11.8 Å². The molecular weight excluding hydrogens is 749 g/mol. The zero-order chi connectivity index (χ0) is 40.9. The van der Waals surface area contributed by atoms with Crippen LogP contribution < -0.4 is 16.6 Å². The van der Waals surface area contributed by atoms with Crippen LogP contribution in [0.1, 0.15) is 117 Å². The smallest absolute Gasteiger partial charge is 0.408 e. The number of amides is 1. The number of methoxy groups -OCH3 is 1. The monoisotopic (exact) mass is 813 g/mol. The third-order valence-corrected chi connectivity index (χ3v) is 15.6. The summed E-state index contributed by atoms with van der Waals surface area (Å²) in [4.78, 5) is 50.7. The Morgan fingerprint density at radius 3 is 2.67 bits per heavy atom. The Hall–Kier alpha value is -2.72. The lowest BCUT2D eigenvalue weighted by Gasteiger charge is -2.58. The van der Waals surface area contributed by atoms with Gasteiger partial charge < -0.3 is 29.2 Å². The van der Waals surface area contributed by atoms with Gasteiger partial charge in [0.1, 0.15) is 29.5 Å². The molecule has 13 nitrogen and oxygen atoms in total. The molecule has 316 valence electrons. The van der Waals surface area contributed by atoms with Gasteiger partial charge in [-0.3, -0.25) is 23.4 Å². The molecule has 5 fully saturated rings. The molecular formula is C43H64N3O10P. The van der Waals surface area contributed by atoms with E-state index in [4.69, 9.17) is 23.5 Å². The standard InChI is InChI=1S/C43H64N3O10P/c1-26(2)10-8-11-27(3)32-15-16-33-31-14-13-29-22-30(17-19-41(29,4)34(31)18-20-42(32,33)5)54-40(49)44-21-9-12-28-23-46(39(48)45-37(28)47)38-35-36(56-57(7,50)51)43(55-38,24-52-6)25-53-35/h13,23,26-27,30-36,38H,8,10-11,14-22,24-25H2,1-7H3,(H,44,49)(H,50,51)(H,45,47,48)/t27?,30-,31-,32+,33-,34-,35?,36-,38+,41-,42+,43+/m0/s1. The first-order valence-corrected chi connectivity index (χ1v) is 23.3. The highest BCUT2D eigenvalue weighted by atomic mass is 31.2. The van der Waals surface area contributed by atoms with E-state index < -0.39 is 49.0 Å². The Labute approximate surface area is 336 Å². The van der Waals surface area contributed by atoms with Gasteiger partial charge in [-0.05, 0) is 91.3 Å². The number of H-pyrrole nitrogens is 1. The topological polar surface area (TPSA) is 167 Å². The molecule has 7 rings (SSSR count). The third-order valence-electron chi connectivity index (χ3n) is 15.0. The van der Waals surface area contributed by atoms with E-state index in [1.165, 1.54) is 63.8 Å². The van der Waals surface area contributed by atoms with Crippen LogP contribution in [0.25, 0.3) is 0 Å². The number of hydrogen-bond donors (Lipinski definition) is 3. The minimum absolute atomic E-state index is 0.0192. The summed E-state index contributed by atoms with van der Waals surface area (Å²) in [7, 11) is -2.52. The number of aromatic amines is 1. The molecule has 3 N–H and O–H groups in total.